The van der Waals surface area contributed by atoms with E-state index in [-0.39, 0.29) is 18.8 Å². The zero-order valence-corrected chi connectivity index (χ0v) is 8.49. The predicted octanol–water partition coefficient (Wildman–Crippen LogP) is 1.35. The predicted molar refractivity (Wildman–Crippen MR) is 50.5 cm³/mol. The second-order valence-corrected chi connectivity index (χ2v) is 3.58. The molecule has 0 fully saturated rings. The zero-order valence-electron chi connectivity index (χ0n) is 6.92. The van der Waals surface area contributed by atoms with E-state index in [1.165, 1.54) is 0 Å². The van der Waals surface area contributed by atoms with Crippen molar-refractivity contribution in [2.75, 3.05) is 24.5 Å². The summed E-state index contributed by atoms with van der Waals surface area (Å²) >= 11 is 7.24. The van der Waals surface area contributed by atoms with Gasteiger partial charge in [0, 0.05) is 5.75 Å². The molecule has 68 valence electrons. The summed E-state index contributed by atoms with van der Waals surface area (Å²) in [6.07, 6.45) is 1.98. The Morgan fingerprint density at radius 2 is 2.27 bits per heavy atom. The topological polar surface area (TPSA) is 29.5 Å². The fourth-order valence-electron chi connectivity index (χ4n) is 0.731. The molecular weight excluding hydrogens is 184 g/mol. The first-order valence-electron chi connectivity index (χ1n) is 3.55. The number of hydrogen-bond donors (Lipinski definition) is 1. The molecule has 0 aromatic rings. The molecule has 11 heavy (non-hydrogen) atoms. The highest BCUT2D eigenvalue weighted by Gasteiger charge is 2.10. The maximum Gasteiger partial charge on any atom is 0.0944 e. The number of aliphatic hydroxyl groups is 1. The van der Waals surface area contributed by atoms with E-state index in [4.69, 9.17) is 21.4 Å². The number of hydrogen-bond acceptors (Lipinski definition) is 3. The third-order valence-corrected chi connectivity index (χ3v) is 2.35. The summed E-state index contributed by atoms with van der Waals surface area (Å²) in [5.74, 6) is 1.29. The van der Waals surface area contributed by atoms with Gasteiger partial charge in [0.2, 0.25) is 0 Å². The highest BCUT2D eigenvalue weighted by Crippen LogP contribution is 2.05. The molecule has 0 heterocycles. The molecule has 0 spiro atoms. The minimum atomic E-state index is -0.209. The van der Waals surface area contributed by atoms with Gasteiger partial charge in [-0.15, -0.1) is 11.6 Å². The van der Waals surface area contributed by atoms with E-state index in [1.54, 1.807) is 11.8 Å². The lowest BCUT2D eigenvalue weighted by atomic mass is 10.4. The van der Waals surface area contributed by atoms with Crippen molar-refractivity contribution < 1.29 is 9.84 Å². The van der Waals surface area contributed by atoms with Gasteiger partial charge >= 0.3 is 0 Å². The quantitative estimate of drug-likeness (QED) is 0.654. The van der Waals surface area contributed by atoms with E-state index in [0.29, 0.717) is 5.88 Å². The number of aliphatic hydroxyl groups excluding tert-OH is 1. The normalized spacial score (nSPS) is 16.4. The van der Waals surface area contributed by atoms with Crippen molar-refractivity contribution in [2.45, 2.75) is 19.1 Å². The molecule has 0 saturated heterocycles. The van der Waals surface area contributed by atoms with E-state index in [0.717, 1.165) is 5.75 Å². The molecule has 1 N–H and O–H groups in total. The molecule has 0 aliphatic carbocycles. The van der Waals surface area contributed by atoms with Gasteiger partial charge in [-0.3, -0.25) is 0 Å². The lowest BCUT2D eigenvalue weighted by Gasteiger charge is -2.17. The van der Waals surface area contributed by atoms with Crippen LogP contribution in [0.25, 0.3) is 0 Å². The smallest absolute Gasteiger partial charge is 0.0944 e. The average molecular weight is 199 g/mol. The number of ether oxygens (including phenoxy) is 1. The Morgan fingerprint density at radius 3 is 2.64 bits per heavy atom. The summed E-state index contributed by atoms with van der Waals surface area (Å²) in [6.45, 7) is 1.98. The second-order valence-electron chi connectivity index (χ2n) is 2.36. The van der Waals surface area contributed by atoms with Crippen LogP contribution >= 0.6 is 23.4 Å². The van der Waals surface area contributed by atoms with Crippen molar-refractivity contribution >= 4 is 23.4 Å². The first-order valence-corrected chi connectivity index (χ1v) is 5.48. The Labute approximate surface area is 77.3 Å². The lowest BCUT2D eigenvalue weighted by molar-refractivity contribution is -0.00795. The number of halogens is 1. The molecule has 0 aliphatic heterocycles. The van der Waals surface area contributed by atoms with E-state index >= 15 is 0 Å². The number of thioether (sulfide) groups is 1. The van der Waals surface area contributed by atoms with E-state index in [9.17, 15) is 0 Å². The molecule has 0 radical (unpaired) electrons. The Kier molecular flexibility index (Phi) is 7.59. The van der Waals surface area contributed by atoms with Gasteiger partial charge in [-0.1, -0.05) is 0 Å². The fraction of sp³-hybridized carbons (Fsp3) is 1.00. The minimum Gasteiger partial charge on any atom is -0.394 e. The Morgan fingerprint density at radius 1 is 1.64 bits per heavy atom. The Bertz CT molecular complexity index is 88.5. The first kappa shape index (κ1) is 11.6. The maximum atomic E-state index is 8.73. The largest absolute Gasteiger partial charge is 0.394 e. The van der Waals surface area contributed by atoms with Crippen LogP contribution < -0.4 is 0 Å². The van der Waals surface area contributed by atoms with E-state index in [1.807, 2.05) is 13.2 Å². The average Bonchev–Trinajstić information content (AvgIpc) is 2.01. The third kappa shape index (κ3) is 5.79. The van der Waals surface area contributed by atoms with Crippen molar-refractivity contribution in [2.24, 2.45) is 0 Å². The molecule has 0 rings (SSSR count). The van der Waals surface area contributed by atoms with Crippen LogP contribution in [0.4, 0.5) is 0 Å². The zero-order chi connectivity index (χ0) is 8.69. The summed E-state index contributed by atoms with van der Waals surface area (Å²) in [6, 6.07) is 0. The molecule has 2 nitrogen and oxygen atoms in total. The molecule has 0 aromatic heterocycles. The molecule has 2 atom stereocenters. The molecule has 0 aromatic carbocycles. The highest BCUT2D eigenvalue weighted by atomic mass is 35.5. The van der Waals surface area contributed by atoms with Gasteiger partial charge in [-0.05, 0) is 13.2 Å². The van der Waals surface area contributed by atoms with Crippen LogP contribution in [0.3, 0.4) is 0 Å². The summed E-state index contributed by atoms with van der Waals surface area (Å²) in [4.78, 5) is 0. The van der Waals surface area contributed by atoms with Crippen LogP contribution in [-0.2, 0) is 4.74 Å². The SMILES string of the molecule is CSCC(C)OC(CO)CCl. The summed E-state index contributed by atoms with van der Waals surface area (Å²) in [5, 5.41) is 8.73. The molecule has 4 heteroatoms. The van der Waals surface area contributed by atoms with Gasteiger partial charge in [0.25, 0.3) is 0 Å². The molecule has 0 amide bonds. The maximum absolute atomic E-state index is 8.73. The van der Waals surface area contributed by atoms with E-state index < -0.39 is 0 Å². The molecule has 0 saturated carbocycles. The van der Waals surface area contributed by atoms with Gasteiger partial charge in [0.1, 0.15) is 0 Å². The first-order chi connectivity index (χ1) is 5.24. The van der Waals surface area contributed by atoms with Crippen LogP contribution in [-0.4, -0.2) is 41.8 Å². The van der Waals surface area contributed by atoms with Gasteiger partial charge in [0.05, 0.1) is 24.7 Å². The molecule has 0 bridgehead atoms. The lowest BCUT2D eigenvalue weighted by Crippen LogP contribution is -2.26. The van der Waals surface area contributed by atoms with Crippen molar-refractivity contribution in [3.63, 3.8) is 0 Å². The standard InChI is InChI=1S/C7H15ClO2S/c1-6(5-11-2)10-7(3-8)4-9/h6-7,9H,3-5H2,1-2H3. The number of rotatable bonds is 6. The summed E-state index contributed by atoms with van der Waals surface area (Å²) in [5.41, 5.74) is 0. The Hall–Kier alpha value is 0.560. The minimum absolute atomic E-state index is 0.00220. The fourth-order valence-corrected chi connectivity index (χ4v) is 1.45. The molecule has 0 aliphatic rings. The van der Waals surface area contributed by atoms with Crippen LogP contribution in [0.2, 0.25) is 0 Å². The highest BCUT2D eigenvalue weighted by molar-refractivity contribution is 7.98. The van der Waals surface area contributed by atoms with E-state index in [2.05, 4.69) is 0 Å². The van der Waals surface area contributed by atoms with Gasteiger partial charge in [-0.2, -0.15) is 11.8 Å². The van der Waals surface area contributed by atoms with Crippen molar-refractivity contribution in [3.8, 4) is 0 Å². The molecule has 2 unspecified atom stereocenters. The number of alkyl halides is 1. The van der Waals surface area contributed by atoms with Crippen molar-refractivity contribution in [3.05, 3.63) is 0 Å². The van der Waals surface area contributed by atoms with Crippen LogP contribution in [0, 0.1) is 0 Å². The summed E-state index contributed by atoms with van der Waals surface area (Å²) < 4.78 is 5.39. The summed E-state index contributed by atoms with van der Waals surface area (Å²) in [7, 11) is 0. The van der Waals surface area contributed by atoms with Crippen LogP contribution in [0.5, 0.6) is 0 Å². The third-order valence-electron chi connectivity index (χ3n) is 1.20. The van der Waals surface area contributed by atoms with Crippen LogP contribution in [0.15, 0.2) is 0 Å². The van der Waals surface area contributed by atoms with Crippen molar-refractivity contribution in [1.82, 2.24) is 0 Å². The monoisotopic (exact) mass is 198 g/mol. The second kappa shape index (κ2) is 7.22. The van der Waals surface area contributed by atoms with Gasteiger partial charge in [-0.25, -0.2) is 0 Å². The van der Waals surface area contributed by atoms with Crippen LogP contribution in [0.1, 0.15) is 6.92 Å². The van der Waals surface area contributed by atoms with Gasteiger partial charge < -0.3 is 9.84 Å². The van der Waals surface area contributed by atoms with Crippen molar-refractivity contribution in [1.29, 1.82) is 0 Å². The molecular formula is C7H15ClO2S. The Balaban J connectivity index is 3.44. The van der Waals surface area contributed by atoms with Gasteiger partial charge in [0.15, 0.2) is 0 Å².